The summed E-state index contributed by atoms with van der Waals surface area (Å²) in [7, 11) is 0. The molecule has 0 unspecified atom stereocenters. The minimum atomic E-state index is -4.77. The van der Waals surface area contributed by atoms with Crippen molar-refractivity contribution >= 4 is 143 Å². The maximum absolute atomic E-state index is 16.7. The topological polar surface area (TPSA) is 16.2 Å². The van der Waals surface area contributed by atoms with Gasteiger partial charge in [-0.1, -0.05) is 302 Å². The van der Waals surface area contributed by atoms with Crippen molar-refractivity contribution in [3.05, 3.63) is 394 Å². The average molecular weight is 1410 g/mol. The van der Waals surface area contributed by atoms with E-state index in [0.717, 1.165) is 155 Å². The van der Waals surface area contributed by atoms with Crippen LogP contribution in [-0.4, -0.2) is 13.4 Å². The van der Waals surface area contributed by atoms with Crippen molar-refractivity contribution in [3.63, 3.8) is 0 Å². The van der Waals surface area contributed by atoms with Gasteiger partial charge in [-0.05, 0) is 153 Å². The number of benzene rings is 16. The number of para-hydroxylation sites is 9. The van der Waals surface area contributed by atoms with Crippen LogP contribution in [-0.2, 0) is 6.18 Å². The van der Waals surface area contributed by atoms with Gasteiger partial charge in [0.2, 0.25) is 6.71 Å². The molecule has 510 valence electrons. The predicted molar refractivity (Wildman–Crippen MR) is 446 cm³/mol. The van der Waals surface area contributed by atoms with Gasteiger partial charge >= 0.3 is 6.18 Å². The molecule has 20 rings (SSSR count). The molecule has 16 aromatic rings. The number of alkyl halides is 3. The van der Waals surface area contributed by atoms with Crippen LogP contribution in [0.5, 0.6) is 0 Å². The second kappa shape index (κ2) is 26.4. The van der Waals surface area contributed by atoms with Crippen molar-refractivity contribution in [2.24, 2.45) is 0 Å². The fourth-order valence-corrected chi connectivity index (χ4v) is 18.4. The highest BCUT2D eigenvalue weighted by Gasteiger charge is 2.49. The maximum atomic E-state index is 16.7. The largest absolute Gasteiger partial charge is 0.418 e. The molecule has 4 heterocycles. The quantitative estimate of drug-likeness (QED) is 0.106. The lowest BCUT2D eigenvalue weighted by molar-refractivity contribution is -0.137. The summed E-state index contributed by atoms with van der Waals surface area (Å²) in [6.45, 7) is -0.845. The second-order valence-electron chi connectivity index (χ2n) is 27.7. The van der Waals surface area contributed by atoms with Gasteiger partial charge in [-0.3, -0.25) is 0 Å². The third-order valence-electron chi connectivity index (χ3n) is 21.7. The van der Waals surface area contributed by atoms with Crippen LogP contribution in [0.4, 0.5) is 98.5 Å². The Morgan fingerprint density at radius 3 is 1.05 bits per heavy atom. The summed E-state index contributed by atoms with van der Waals surface area (Å²) in [5.41, 5.74) is 26.3. The van der Waals surface area contributed by atoms with Crippen molar-refractivity contribution in [2.75, 3.05) is 24.5 Å². The van der Waals surface area contributed by atoms with E-state index in [1.807, 2.05) is 35.2 Å². The van der Waals surface area contributed by atoms with E-state index in [1.165, 1.54) is 12.1 Å². The molecule has 4 aliphatic rings. The first-order valence-corrected chi connectivity index (χ1v) is 37.3. The lowest BCUT2D eigenvalue weighted by atomic mass is 9.31. The van der Waals surface area contributed by atoms with E-state index in [9.17, 15) is 0 Å². The zero-order valence-corrected chi connectivity index (χ0v) is 59.2. The number of nitrogens with zero attached hydrogens (tertiary/aromatic N) is 5. The molecule has 0 atom stereocenters. The molecule has 0 amide bonds. The number of rotatable bonds is 13. The minimum Gasteiger partial charge on any atom is -0.311 e. The van der Waals surface area contributed by atoms with Gasteiger partial charge in [-0.15, -0.1) is 0 Å². The van der Waals surface area contributed by atoms with Crippen molar-refractivity contribution in [3.8, 4) is 44.5 Å². The van der Waals surface area contributed by atoms with Crippen LogP contribution < -0.4 is 57.3 Å². The fourth-order valence-electron chi connectivity index (χ4n) is 17.2. The van der Waals surface area contributed by atoms with E-state index in [0.29, 0.717) is 11.4 Å². The number of hydrogen-bond acceptors (Lipinski definition) is 6. The van der Waals surface area contributed by atoms with Crippen LogP contribution in [0.25, 0.3) is 44.5 Å². The summed E-state index contributed by atoms with van der Waals surface area (Å²) in [6.07, 6.45) is -4.77. The Bertz CT molecular complexity index is 6150. The van der Waals surface area contributed by atoms with Crippen LogP contribution in [0.3, 0.4) is 0 Å². The molecule has 0 saturated heterocycles. The fraction of sp³-hybridized carbons (Fsp3) is 0.0103. The van der Waals surface area contributed by atoms with E-state index in [2.05, 4.69) is 353 Å². The molecule has 0 N–H and O–H groups in total. The molecule has 0 aliphatic carbocycles. The molecule has 0 bridgehead atoms. The first kappa shape index (κ1) is 64.4. The van der Waals surface area contributed by atoms with Crippen LogP contribution in [0.2, 0.25) is 0 Å². The van der Waals surface area contributed by atoms with E-state index < -0.39 is 18.5 Å². The van der Waals surface area contributed by atoms with E-state index in [-0.39, 0.29) is 12.4 Å². The summed E-state index contributed by atoms with van der Waals surface area (Å²) in [6, 6.07) is 135. The molecule has 5 nitrogen and oxygen atoms in total. The number of hydrogen-bond donors (Lipinski definition) is 0. The highest BCUT2D eigenvalue weighted by Crippen LogP contribution is 2.55. The smallest absolute Gasteiger partial charge is 0.311 e. The molecule has 0 aromatic heterocycles. The van der Waals surface area contributed by atoms with Crippen molar-refractivity contribution < 1.29 is 13.2 Å². The molecule has 11 heteroatoms. The van der Waals surface area contributed by atoms with Gasteiger partial charge in [0, 0.05) is 83.2 Å². The Kier molecular flexibility index (Phi) is 15.8. The highest BCUT2D eigenvalue weighted by atomic mass is 32.2. The van der Waals surface area contributed by atoms with Crippen molar-refractivity contribution in [1.82, 2.24) is 0 Å². The molecule has 16 aromatic carbocycles. The number of halogens is 3. The first-order valence-electron chi connectivity index (χ1n) is 36.5. The summed E-state index contributed by atoms with van der Waals surface area (Å²) >= 11 is 1.70. The summed E-state index contributed by atoms with van der Waals surface area (Å²) in [4.78, 5) is 13.5. The summed E-state index contributed by atoms with van der Waals surface area (Å²) in [5.74, 6) is 0. The number of fused-ring (bicyclic) bond motifs is 8. The lowest BCUT2D eigenvalue weighted by Gasteiger charge is -2.46. The Hall–Kier alpha value is -13.2. The van der Waals surface area contributed by atoms with Gasteiger partial charge in [-0.25, -0.2) is 0 Å². The lowest BCUT2D eigenvalue weighted by Crippen LogP contribution is -2.64. The van der Waals surface area contributed by atoms with E-state index in [1.54, 1.807) is 23.9 Å². The average Bonchev–Trinajstić information content (AvgIpc) is 0.685. The second-order valence-corrected chi connectivity index (χ2v) is 28.8. The molecule has 4 aliphatic heterocycles. The molecular formula is C97H64B2F3N5S. The molecule has 0 fully saturated rings. The Morgan fingerprint density at radius 1 is 0.241 bits per heavy atom. The maximum Gasteiger partial charge on any atom is 0.418 e. The Balaban J connectivity index is 0.891. The molecular weight excluding hydrogens is 1350 g/mol. The summed E-state index contributed by atoms with van der Waals surface area (Å²) in [5, 5.41) is 0. The SMILES string of the molecule is FC(F)(F)c1ccccc1N1c2cc3c(cc2B2c4ccccc4N(c4ccccc4-c4ccccc4)c4cc(N(c5ccccc5)c5ccccc5-c5ccccc5)cc1c42)B1c2ccccc2N(c2ccccc2-c2ccccc2)c2cc(N(c4ccccc4)c4ccccc4-c4ccccc4)cc(c21)S3. The monoisotopic (exact) mass is 1410 g/mol. The normalized spacial score (nSPS) is 12.8. The van der Waals surface area contributed by atoms with Gasteiger partial charge in [0.25, 0.3) is 6.71 Å². The van der Waals surface area contributed by atoms with Crippen LogP contribution >= 0.6 is 11.8 Å². The van der Waals surface area contributed by atoms with E-state index >= 15 is 13.2 Å². The highest BCUT2D eigenvalue weighted by molar-refractivity contribution is 8.00. The first-order chi connectivity index (χ1) is 53.3. The van der Waals surface area contributed by atoms with Crippen LogP contribution in [0.1, 0.15) is 5.56 Å². The minimum absolute atomic E-state index is 0.0205. The Morgan fingerprint density at radius 2 is 0.583 bits per heavy atom. The number of anilines is 15. The van der Waals surface area contributed by atoms with Gasteiger partial charge < -0.3 is 24.5 Å². The predicted octanol–water partition coefficient (Wildman–Crippen LogP) is 23.2. The van der Waals surface area contributed by atoms with Gasteiger partial charge in [0.1, 0.15) is 0 Å². The van der Waals surface area contributed by atoms with Gasteiger partial charge in [0.05, 0.1) is 39.7 Å². The van der Waals surface area contributed by atoms with Crippen LogP contribution in [0, 0.1) is 0 Å². The third-order valence-corrected chi connectivity index (χ3v) is 22.8. The molecule has 0 spiro atoms. The third kappa shape index (κ3) is 10.7. The zero-order chi connectivity index (χ0) is 72.0. The van der Waals surface area contributed by atoms with E-state index in [4.69, 9.17) is 0 Å². The molecule has 0 saturated carbocycles. The Labute approximate surface area is 631 Å². The van der Waals surface area contributed by atoms with Crippen LogP contribution in [0.15, 0.2) is 398 Å². The molecule has 0 radical (unpaired) electrons. The van der Waals surface area contributed by atoms with Crippen molar-refractivity contribution in [1.29, 1.82) is 0 Å². The van der Waals surface area contributed by atoms with Gasteiger partial charge in [0.15, 0.2) is 0 Å². The van der Waals surface area contributed by atoms with Gasteiger partial charge in [-0.2, -0.15) is 13.2 Å². The molecule has 108 heavy (non-hydrogen) atoms. The van der Waals surface area contributed by atoms with Crippen molar-refractivity contribution in [2.45, 2.75) is 16.0 Å². The summed E-state index contributed by atoms with van der Waals surface area (Å²) < 4.78 is 50.2. The zero-order valence-electron chi connectivity index (χ0n) is 58.4. The standard InChI is InChI=1S/C97H64B2F3N5S/c100-97(101,102)77-49-23-30-56-86(77)107-89-64-93-81(99-79-51-25-32-58-88(79)106(85-55-29-22-48-76(85)68-39-13-4-14-40-68)92-61-72(62-94(108-93)96(92)99)104(70-43-17-6-18-44-70)83-53-27-20-46-74(83)66-35-9-2-10-36-66)63-80(89)98-78-50-24-31-57-87(78)105(84-54-28-21-47-75(84)67-37-11-3-12-38-67)90-59-71(60-91(107)95(90)98)103(69-41-15-5-16-42-69)82-52-26-19-45-73(82)65-33-7-1-8-34-65/h1-64H.